The van der Waals surface area contributed by atoms with Gasteiger partial charge in [-0.1, -0.05) is 115 Å². The first-order chi connectivity index (χ1) is 24.2. The Morgan fingerprint density at radius 3 is 1.94 bits per heavy atom. The molecule has 3 nitrogen and oxygen atoms in total. The highest BCUT2D eigenvalue weighted by Crippen LogP contribution is 2.49. The maximum Gasteiger partial charge on any atom is 0.333 e. The van der Waals surface area contributed by atoms with Gasteiger partial charge in [-0.25, -0.2) is 0 Å². The van der Waals surface area contributed by atoms with E-state index in [9.17, 15) is 0 Å². The SMILES string of the molecule is Cn1c2ccccc2c2cc3c4c(c21)N(c1ccc2ccccc2c1)c1cc2ccccc2cc1B4n1c2ccccc2c2cccc-3c21. The molecule has 10 aromatic rings. The molecule has 0 fully saturated rings. The smallest absolute Gasteiger partial charge is 0.333 e. The molecular formula is C45H28BN3. The second kappa shape index (κ2) is 9.00. The number of nitrogens with zero attached hydrogens (tertiary/aromatic N) is 3. The summed E-state index contributed by atoms with van der Waals surface area (Å²) in [6, 6.07) is 56.7. The molecule has 0 radical (unpaired) electrons. The van der Waals surface area contributed by atoms with Crippen molar-refractivity contribution in [1.29, 1.82) is 0 Å². The van der Waals surface area contributed by atoms with E-state index in [2.05, 4.69) is 173 Å². The van der Waals surface area contributed by atoms with Gasteiger partial charge in [0.15, 0.2) is 0 Å². The predicted molar refractivity (Wildman–Crippen MR) is 209 cm³/mol. The van der Waals surface area contributed by atoms with Crippen molar-refractivity contribution < 1.29 is 0 Å². The summed E-state index contributed by atoms with van der Waals surface area (Å²) >= 11 is 0. The lowest BCUT2D eigenvalue weighted by molar-refractivity contribution is 1.01. The van der Waals surface area contributed by atoms with Crippen LogP contribution in [0.2, 0.25) is 0 Å². The predicted octanol–water partition coefficient (Wildman–Crippen LogP) is 10.2. The molecule has 2 aliphatic heterocycles. The molecule has 226 valence electrons. The molecule has 0 aliphatic carbocycles. The number of aryl methyl sites for hydroxylation is 1. The van der Waals surface area contributed by atoms with Crippen LogP contribution in [0.15, 0.2) is 152 Å². The summed E-state index contributed by atoms with van der Waals surface area (Å²) < 4.78 is 5.09. The van der Waals surface area contributed by atoms with Crippen LogP contribution in [0.4, 0.5) is 17.1 Å². The molecule has 0 spiro atoms. The standard InChI is InChI=1S/C45H28BN3/c1-47-39-19-8-6-16-33(39)37-26-36-35-18-10-17-34-32-15-7-9-20-40(32)49(43(34)35)46-38-24-29-13-4-5-14-30(29)25-41(38)48(45(42(36)46)44(37)47)31-22-21-27-11-2-3-12-28(27)23-31/h2-26H,1H3. The van der Waals surface area contributed by atoms with Gasteiger partial charge in [-0.3, -0.25) is 0 Å². The topological polar surface area (TPSA) is 13.1 Å². The fraction of sp³-hybridized carbons (Fsp3) is 0.0222. The van der Waals surface area contributed by atoms with Crippen molar-refractivity contribution in [3.05, 3.63) is 152 Å². The lowest BCUT2D eigenvalue weighted by atomic mass is 9.45. The highest BCUT2D eigenvalue weighted by Gasteiger charge is 2.44. The zero-order valence-corrected chi connectivity index (χ0v) is 26.9. The van der Waals surface area contributed by atoms with E-state index < -0.39 is 0 Å². The van der Waals surface area contributed by atoms with E-state index in [1.165, 1.54) is 104 Å². The van der Waals surface area contributed by atoms with E-state index >= 15 is 0 Å². The third-order valence-electron chi connectivity index (χ3n) is 11.4. The zero-order chi connectivity index (χ0) is 32.0. The normalized spacial score (nSPS) is 13.3. The molecule has 0 unspecified atom stereocenters. The van der Waals surface area contributed by atoms with E-state index in [0.717, 1.165) is 0 Å². The quantitative estimate of drug-likeness (QED) is 0.166. The molecule has 0 saturated heterocycles. The summed E-state index contributed by atoms with van der Waals surface area (Å²) in [5.41, 5.74) is 14.1. The number of aromatic nitrogens is 2. The fourth-order valence-corrected chi connectivity index (χ4v) is 9.38. The Bertz CT molecular complexity index is 3090. The van der Waals surface area contributed by atoms with Crippen molar-refractivity contribution >= 4 is 100.0 Å². The lowest BCUT2D eigenvalue weighted by Crippen LogP contribution is -2.56. The van der Waals surface area contributed by atoms with Crippen LogP contribution < -0.4 is 15.8 Å². The van der Waals surface area contributed by atoms with Gasteiger partial charge in [0.2, 0.25) is 0 Å². The number of para-hydroxylation sites is 3. The molecule has 0 amide bonds. The molecule has 0 N–H and O–H groups in total. The van der Waals surface area contributed by atoms with Crippen LogP contribution in [0.5, 0.6) is 0 Å². The summed E-state index contributed by atoms with van der Waals surface area (Å²) in [5.74, 6) is 0. The Morgan fingerprint density at radius 1 is 0.469 bits per heavy atom. The van der Waals surface area contributed by atoms with Gasteiger partial charge in [0.1, 0.15) is 0 Å². The fourth-order valence-electron chi connectivity index (χ4n) is 9.38. The summed E-state index contributed by atoms with van der Waals surface area (Å²) in [5, 5.41) is 10.2. The van der Waals surface area contributed by atoms with Crippen molar-refractivity contribution in [2.45, 2.75) is 0 Å². The summed E-state index contributed by atoms with van der Waals surface area (Å²) in [6.45, 7) is 0.000949. The highest BCUT2D eigenvalue weighted by molar-refractivity contribution is 6.90. The molecular weight excluding hydrogens is 593 g/mol. The Morgan fingerprint density at radius 2 is 1.12 bits per heavy atom. The van der Waals surface area contributed by atoms with Crippen LogP contribution in [0.25, 0.3) is 76.3 Å². The number of hydrogen-bond donors (Lipinski definition) is 0. The van der Waals surface area contributed by atoms with Crippen LogP contribution in [-0.4, -0.2) is 15.9 Å². The van der Waals surface area contributed by atoms with Gasteiger partial charge >= 0.3 is 6.85 Å². The molecule has 49 heavy (non-hydrogen) atoms. The van der Waals surface area contributed by atoms with E-state index in [0.29, 0.717) is 0 Å². The van der Waals surface area contributed by atoms with Gasteiger partial charge in [0, 0.05) is 62.1 Å². The third-order valence-corrected chi connectivity index (χ3v) is 11.4. The van der Waals surface area contributed by atoms with Crippen molar-refractivity contribution in [2.75, 3.05) is 4.90 Å². The number of hydrogen-bond acceptors (Lipinski definition) is 1. The Balaban J connectivity index is 1.35. The van der Waals surface area contributed by atoms with E-state index in [1.54, 1.807) is 0 Å². The molecule has 12 rings (SSSR count). The molecule has 2 aromatic heterocycles. The molecule has 0 bridgehead atoms. The Hall–Kier alpha value is -6.26. The van der Waals surface area contributed by atoms with Crippen LogP contribution in [0, 0.1) is 0 Å². The average molecular weight is 622 g/mol. The van der Waals surface area contributed by atoms with Gasteiger partial charge in [0.25, 0.3) is 0 Å². The monoisotopic (exact) mass is 621 g/mol. The number of benzene rings is 8. The maximum absolute atomic E-state index is 2.66. The van der Waals surface area contributed by atoms with Crippen LogP contribution in [-0.2, 0) is 7.05 Å². The van der Waals surface area contributed by atoms with Crippen LogP contribution >= 0.6 is 0 Å². The van der Waals surface area contributed by atoms with Gasteiger partial charge in [-0.15, -0.1) is 0 Å². The molecule has 2 aliphatic rings. The first-order valence-electron chi connectivity index (χ1n) is 17.1. The third kappa shape index (κ3) is 3.15. The Labute approximate surface area is 282 Å². The highest BCUT2D eigenvalue weighted by atomic mass is 15.2. The van der Waals surface area contributed by atoms with Gasteiger partial charge in [-0.05, 0) is 74.4 Å². The molecule has 0 saturated carbocycles. The molecule has 4 heterocycles. The second-order valence-corrected chi connectivity index (χ2v) is 13.8. The maximum atomic E-state index is 2.66. The van der Waals surface area contributed by atoms with Gasteiger partial charge in [-0.2, -0.15) is 0 Å². The van der Waals surface area contributed by atoms with Crippen molar-refractivity contribution in [1.82, 2.24) is 9.05 Å². The first kappa shape index (κ1) is 25.8. The zero-order valence-electron chi connectivity index (χ0n) is 26.9. The van der Waals surface area contributed by atoms with Crippen molar-refractivity contribution in [2.24, 2.45) is 7.05 Å². The van der Waals surface area contributed by atoms with Crippen LogP contribution in [0.3, 0.4) is 0 Å². The van der Waals surface area contributed by atoms with Crippen LogP contribution in [0.1, 0.15) is 0 Å². The second-order valence-electron chi connectivity index (χ2n) is 13.8. The van der Waals surface area contributed by atoms with E-state index in [-0.39, 0.29) is 6.85 Å². The molecule has 0 atom stereocenters. The molecule has 4 heteroatoms. The summed E-state index contributed by atoms with van der Waals surface area (Å²) in [7, 11) is 2.25. The van der Waals surface area contributed by atoms with Crippen molar-refractivity contribution in [3.63, 3.8) is 0 Å². The first-order valence-corrected chi connectivity index (χ1v) is 17.1. The minimum absolute atomic E-state index is 0.000949. The largest absolute Gasteiger partial charge is 0.375 e. The number of fused-ring (bicyclic) bond motifs is 13. The molecule has 8 aromatic carbocycles. The van der Waals surface area contributed by atoms with Gasteiger partial charge < -0.3 is 13.9 Å². The number of rotatable bonds is 1. The average Bonchev–Trinajstić information content (AvgIpc) is 3.64. The Kier molecular flexibility index (Phi) is 4.74. The van der Waals surface area contributed by atoms with Crippen molar-refractivity contribution in [3.8, 4) is 11.1 Å². The summed E-state index contributed by atoms with van der Waals surface area (Å²) in [4.78, 5) is 2.58. The van der Waals surface area contributed by atoms with Gasteiger partial charge in [0.05, 0.1) is 11.2 Å². The summed E-state index contributed by atoms with van der Waals surface area (Å²) in [6.07, 6.45) is 0. The minimum atomic E-state index is 0.000949. The minimum Gasteiger partial charge on any atom is -0.375 e. The van der Waals surface area contributed by atoms with E-state index in [1.807, 2.05) is 0 Å². The number of anilines is 3. The van der Waals surface area contributed by atoms with E-state index in [4.69, 9.17) is 0 Å². The lowest BCUT2D eigenvalue weighted by Gasteiger charge is -2.41.